The average Bonchev–Trinajstić information content (AvgIpc) is 3.39. The molecular weight excluding hydrogens is 342 g/mol. The maximum absolute atomic E-state index is 12.1. The van der Waals surface area contributed by atoms with E-state index >= 15 is 0 Å². The summed E-state index contributed by atoms with van der Waals surface area (Å²) in [6, 6.07) is 8.21. The third-order valence-electron chi connectivity index (χ3n) is 5.30. The van der Waals surface area contributed by atoms with E-state index in [1.807, 2.05) is 12.1 Å². The van der Waals surface area contributed by atoms with Crippen molar-refractivity contribution in [2.24, 2.45) is 0 Å². The molecular formula is C20H27N5O2. The molecule has 0 spiro atoms. The fourth-order valence-electron chi connectivity index (χ4n) is 3.82. The van der Waals surface area contributed by atoms with Crippen molar-refractivity contribution in [1.82, 2.24) is 25.7 Å². The first-order chi connectivity index (χ1) is 13.3. The highest BCUT2D eigenvalue weighted by atomic mass is 16.5. The molecule has 2 N–H and O–H groups in total. The van der Waals surface area contributed by atoms with Gasteiger partial charge in [0.25, 0.3) is 0 Å². The third kappa shape index (κ3) is 4.73. The van der Waals surface area contributed by atoms with Gasteiger partial charge in [0.2, 0.25) is 17.6 Å². The smallest absolute Gasteiger partial charge is 0.246 e. The topological polar surface area (TPSA) is 83.3 Å². The van der Waals surface area contributed by atoms with E-state index in [-0.39, 0.29) is 18.5 Å². The van der Waals surface area contributed by atoms with Gasteiger partial charge >= 0.3 is 0 Å². The highest BCUT2D eigenvalue weighted by molar-refractivity contribution is 5.81. The number of piperidine rings is 1. The van der Waals surface area contributed by atoms with Crippen molar-refractivity contribution in [1.29, 1.82) is 0 Å². The number of nitrogens with zero attached hydrogens (tertiary/aromatic N) is 3. The molecule has 7 heteroatoms. The molecule has 2 aliphatic heterocycles. The van der Waals surface area contributed by atoms with E-state index in [9.17, 15) is 4.79 Å². The largest absolute Gasteiger partial charge is 0.346 e. The predicted molar refractivity (Wildman–Crippen MR) is 102 cm³/mol. The summed E-state index contributed by atoms with van der Waals surface area (Å²) in [5.41, 5.74) is 2.21. The Morgan fingerprint density at radius 2 is 2.15 bits per heavy atom. The van der Waals surface area contributed by atoms with Crippen molar-refractivity contribution in [3.05, 3.63) is 35.7 Å². The molecule has 1 unspecified atom stereocenters. The second-order valence-corrected chi connectivity index (χ2v) is 7.42. The van der Waals surface area contributed by atoms with Crippen LogP contribution in [0.3, 0.4) is 0 Å². The van der Waals surface area contributed by atoms with Crippen LogP contribution in [0, 0.1) is 0 Å². The number of nitrogens with one attached hydrogen (secondary N) is 2. The van der Waals surface area contributed by atoms with Gasteiger partial charge in [-0.2, -0.15) is 4.98 Å². The molecule has 2 aliphatic rings. The molecule has 4 rings (SSSR count). The summed E-state index contributed by atoms with van der Waals surface area (Å²) in [6.45, 7) is 4.47. The molecule has 1 amide bonds. The monoisotopic (exact) mass is 369 g/mol. The lowest BCUT2D eigenvalue weighted by Crippen LogP contribution is -2.40. The van der Waals surface area contributed by atoms with Crippen LogP contribution in [0.1, 0.15) is 43.6 Å². The first kappa shape index (κ1) is 18.1. The van der Waals surface area contributed by atoms with Gasteiger partial charge in [-0.3, -0.25) is 9.69 Å². The molecule has 7 nitrogen and oxygen atoms in total. The maximum Gasteiger partial charge on any atom is 0.246 e. The Bertz CT molecular complexity index is 763. The van der Waals surface area contributed by atoms with Gasteiger partial charge in [-0.25, -0.2) is 0 Å². The third-order valence-corrected chi connectivity index (χ3v) is 5.30. The number of carbonyl (C=O) groups is 1. The molecule has 0 saturated carbocycles. The first-order valence-electron chi connectivity index (χ1n) is 9.93. The summed E-state index contributed by atoms with van der Waals surface area (Å²) in [5.74, 6) is 0.993. The molecule has 2 saturated heterocycles. The number of amides is 1. The van der Waals surface area contributed by atoms with E-state index in [4.69, 9.17) is 4.52 Å². The van der Waals surface area contributed by atoms with Crippen LogP contribution in [0.5, 0.6) is 0 Å². The van der Waals surface area contributed by atoms with Crippen LogP contribution < -0.4 is 10.6 Å². The number of benzene rings is 1. The van der Waals surface area contributed by atoms with Crippen molar-refractivity contribution in [3.63, 3.8) is 0 Å². The van der Waals surface area contributed by atoms with Gasteiger partial charge in [0.15, 0.2) is 0 Å². The van der Waals surface area contributed by atoms with E-state index in [2.05, 4.69) is 37.8 Å². The minimum atomic E-state index is -0.0983. The number of likely N-dealkylation sites (tertiary alicyclic amines) is 1. The van der Waals surface area contributed by atoms with Crippen molar-refractivity contribution < 1.29 is 9.32 Å². The number of hydrogen-bond acceptors (Lipinski definition) is 6. The van der Waals surface area contributed by atoms with Crippen molar-refractivity contribution in [2.75, 3.05) is 19.6 Å². The average molecular weight is 369 g/mol. The zero-order valence-electron chi connectivity index (χ0n) is 15.6. The highest BCUT2D eigenvalue weighted by Crippen LogP contribution is 2.20. The predicted octanol–water partition coefficient (Wildman–Crippen LogP) is 2.09. The lowest BCUT2D eigenvalue weighted by atomic mass is 10.1. The number of rotatable bonds is 6. The minimum Gasteiger partial charge on any atom is -0.346 e. The molecule has 2 aromatic rings. The van der Waals surface area contributed by atoms with Gasteiger partial charge < -0.3 is 15.2 Å². The zero-order valence-corrected chi connectivity index (χ0v) is 15.6. The van der Waals surface area contributed by atoms with Crippen LogP contribution in [0.4, 0.5) is 0 Å². The second kappa shape index (κ2) is 8.63. The number of carbonyl (C=O) groups excluding carboxylic acids is 1. The van der Waals surface area contributed by atoms with Gasteiger partial charge in [0, 0.05) is 12.1 Å². The molecule has 144 valence electrons. The van der Waals surface area contributed by atoms with E-state index in [1.54, 1.807) is 0 Å². The van der Waals surface area contributed by atoms with Gasteiger partial charge in [-0.1, -0.05) is 29.8 Å². The Balaban J connectivity index is 1.36. The lowest BCUT2D eigenvalue weighted by Gasteiger charge is -2.26. The molecule has 0 radical (unpaired) electrons. The molecule has 2 fully saturated rings. The minimum absolute atomic E-state index is 0.00391. The summed E-state index contributed by atoms with van der Waals surface area (Å²) in [4.78, 5) is 19.0. The maximum atomic E-state index is 12.1. The lowest BCUT2D eigenvalue weighted by molar-refractivity contribution is -0.123. The van der Waals surface area contributed by atoms with Crippen molar-refractivity contribution >= 4 is 5.91 Å². The Hall–Kier alpha value is -2.25. The normalized spacial score (nSPS) is 20.7. The number of aromatic nitrogens is 2. The summed E-state index contributed by atoms with van der Waals surface area (Å²) < 4.78 is 5.32. The van der Waals surface area contributed by atoms with Gasteiger partial charge in [-0.05, 0) is 56.9 Å². The summed E-state index contributed by atoms with van der Waals surface area (Å²) in [7, 11) is 0. The van der Waals surface area contributed by atoms with Crippen molar-refractivity contribution in [2.45, 2.75) is 51.2 Å². The van der Waals surface area contributed by atoms with Crippen LogP contribution in [0.15, 0.2) is 28.8 Å². The fourth-order valence-corrected chi connectivity index (χ4v) is 3.82. The highest BCUT2D eigenvalue weighted by Gasteiger charge is 2.22. The van der Waals surface area contributed by atoms with Gasteiger partial charge in [-0.15, -0.1) is 0 Å². The van der Waals surface area contributed by atoms with E-state index < -0.39 is 0 Å². The fraction of sp³-hybridized carbons (Fsp3) is 0.550. The quantitative estimate of drug-likeness (QED) is 0.811. The van der Waals surface area contributed by atoms with Crippen LogP contribution >= 0.6 is 0 Å². The molecule has 27 heavy (non-hydrogen) atoms. The van der Waals surface area contributed by atoms with Crippen LogP contribution in [0.25, 0.3) is 11.4 Å². The summed E-state index contributed by atoms with van der Waals surface area (Å²) in [5, 5.41) is 10.1. The molecule has 0 bridgehead atoms. The Morgan fingerprint density at radius 3 is 2.96 bits per heavy atom. The Labute approximate surface area is 159 Å². The molecule has 1 atom stereocenters. The summed E-state index contributed by atoms with van der Waals surface area (Å²) >= 11 is 0. The number of hydrogen-bond donors (Lipinski definition) is 2. The van der Waals surface area contributed by atoms with E-state index in [0.717, 1.165) is 31.5 Å². The van der Waals surface area contributed by atoms with E-state index in [0.29, 0.717) is 11.7 Å². The summed E-state index contributed by atoms with van der Waals surface area (Å²) in [6.07, 6.45) is 5.84. The Kier molecular flexibility index (Phi) is 5.79. The standard InChI is InChI=1S/C20H27N5O2/c26-20(17-8-5-9-21-17)22-13-18-23-19(24-27-18)16-7-4-6-15(12-16)14-25-10-2-1-3-11-25/h4,6-7,12,17,21H,1-3,5,8-11,13-14H2,(H,22,26). The molecule has 1 aromatic heterocycles. The van der Waals surface area contributed by atoms with Crippen molar-refractivity contribution in [3.8, 4) is 11.4 Å². The SMILES string of the molecule is O=C(NCc1nc(-c2cccc(CN3CCCCC3)c2)no1)C1CCCN1. The van der Waals surface area contributed by atoms with Gasteiger partial charge in [0.1, 0.15) is 0 Å². The second-order valence-electron chi connectivity index (χ2n) is 7.42. The Morgan fingerprint density at radius 1 is 1.26 bits per heavy atom. The van der Waals surface area contributed by atoms with Gasteiger partial charge in [0.05, 0.1) is 12.6 Å². The zero-order chi connectivity index (χ0) is 18.5. The molecule has 3 heterocycles. The first-order valence-corrected chi connectivity index (χ1v) is 9.93. The van der Waals surface area contributed by atoms with Crippen LogP contribution in [-0.2, 0) is 17.9 Å². The van der Waals surface area contributed by atoms with Crippen LogP contribution in [0.2, 0.25) is 0 Å². The molecule has 1 aromatic carbocycles. The van der Waals surface area contributed by atoms with E-state index in [1.165, 1.54) is 37.9 Å². The van der Waals surface area contributed by atoms with Crippen LogP contribution in [-0.4, -0.2) is 46.6 Å². The molecule has 0 aliphatic carbocycles.